The number of halogens is 2. The highest BCUT2D eigenvalue weighted by atomic mass is 19.1. The summed E-state index contributed by atoms with van der Waals surface area (Å²) in [7, 11) is 0. The maximum Gasteiger partial charge on any atom is 0.270 e. The Morgan fingerprint density at radius 2 is 1.80 bits per heavy atom. The maximum atomic E-state index is 14.1. The normalized spacial score (nSPS) is 14.8. The first-order valence-corrected chi connectivity index (χ1v) is 8.37. The van der Waals surface area contributed by atoms with E-state index in [0.717, 1.165) is 22.9 Å². The molecule has 2 aromatic rings. The van der Waals surface area contributed by atoms with Crippen LogP contribution in [0.5, 0.6) is 0 Å². The van der Waals surface area contributed by atoms with Crippen molar-refractivity contribution in [3.05, 3.63) is 57.9 Å². The Kier molecular flexibility index (Phi) is 4.90. The van der Waals surface area contributed by atoms with E-state index in [1.54, 1.807) is 4.90 Å². The fraction of sp³-hybridized carbons (Fsp3) is 0.421. The molecule has 0 saturated carbocycles. The highest BCUT2D eigenvalue weighted by Crippen LogP contribution is 2.25. The molecule has 0 radical (unpaired) electrons. The first-order chi connectivity index (χ1) is 11.9. The minimum absolute atomic E-state index is 0.0699. The van der Waals surface area contributed by atoms with Crippen molar-refractivity contribution in [2.75, 3.05) is 26.3 Å². The lowest BCUT2D eigenvalue weighted by molar-refractivity contribution is 0.0295. The number of nitrogens with zero attached hydrogens (tertiary/aromatic N) is 2. The van der Waals surface area contributed by atoms with E-state index in [-0.39, 0.29) is 12.5 Å². The molecule has 0 atom stereocenters. The highest BCUT2D eigenvalue weighted by molar-refractivity contribution is 5.95. The van der Waals surface area contributed by atoms with E-state index in [1.807, 2.05) is 25.3 Å². The SMILES string of the molecule is Cc1c(C)c(C(=O)N2CCOCC2)n(Cc2ccc(F)cc2F)c1C. The van der Waals surface area contributed by atoms with Gasteiger partial charge in [0.05, 0.1) is 19.8 Å². The summed E-state index contributed by atoms with van der Waals surface area (Å²) in [5, 5.41) is 0. The van der Waals surface area contributed by atoms with E-state index >= 15 is 0 Å². The number of amides is 1. The van der Waals surface area contributed by atoms with Crippen LogP contribution in [-0.2, 0) is 11.3 Å². The molecule has 1 aromatic carbocycles. The largest absolute Gasteiger partial charge is 0.378 e. The van der Waals surface area contributed by atoms with Crippen LogP contribution in [0.2, 0.25) is 0 Å². The third-order valence-electron chi connectivity index (χ3n) is 4.98. The van der Waals surface area contributed by atoms with Crippen molar-refractivity contribution in [2.24, 2.45) is 0 Å². The van der Waals surface area contributed by atoms with Gasteiger partial charge in [0.1, 0.15) is 17.3 Å². The van der Waals surface area contributed by atoms with Crippen LogP contribution in [0.1, 0.15) is 32.9 Å². The number of morpholine rings is 1. The smallest absolute Gasteiger partial charge is 0.270 e. The summed E-state index contributed by atoms with van der Waals surface area (Å²) in [4.78, 5) is 14.8. The molecule has 134 valence electrons. The lowest BCUT2D eigenvalue weighted by Crippen LogP contribution is -2.41. The van der Waals surface area contributed by atoms with Crippen LogP contribution in [0.4, 0.5) is 8.78 Å². The zero-order valence-electron chi connectivity index (χ0n) is 14.7. The summed E-state index contributed by atoms with van der Waals surface area (Å²) in [6.45, 7) is 8.12. The van der Waals surface area contributed by atoms with Crippen LogP contribution in [-0.4, -0.2) is 41.7 Å². The molecule has 1 aliphatic rings. The number of carbonyl (C=O) groups excluding carboxylic acids is 1. The van der Waals surface area contributed by atoms with Crippen molar-refractivity contribution < 1.29 is 18.3 Å². The third-order valence-corrected chi connectivity index (χ3v) is 4.98. The monoisotopic (exact) mass is 348 g/mol. The van der Waals surface area contributed by atoms with Crippen LogP contribution in [0.15, 0.2) is 18.2 Å². The molecule has 1 saturated heterocycles. The number of hydrogen-bond acceptors (Lipinski definition) is 2. The standard InChI is InChI=1S/C19H22F2N2O2/c1-12-13(2)18(19(24)22-6-8-25-9-7-22)23(14(12)3)11-15-4-5-16(20)10-17(15)21/h4-5,10H,6-9,11H2,1-3H3. The van der Waals surface area contributed by atoms with Gasteiger partial charge in [-0.25, -0.2) is 8.78 Å². The summed E-state index contributed by atoms with van der Waals surface area (Å²) in [5.74, 6) is -1.28. The van der Waals surface area contributed by atoms with Gasteiger partial charge in [-0.3, -0.25) is 4.79 Å². The van der Waals surface area contributed by atoms with E-state index in [1.165, 1.54) is 12.1 Å². The molecule has 2 heterocycles. The van der Waals surface area contributed by atoms with E-state index < -0.39 is 11.6 Å². The Morgan fingerprint density at radius 1 is 1.12 bits per heavy atom. The van der Waals surface area contributed by atoms with Gasteiger partial charge in [0.25, 0.3) is 5.91 Å². The van der Waals surface area contributed by atoms with Gasteiger partial charge < -0.3 is 14.2 Å². The molecular weight excluding hydrogens is 326 g/mol. The molecule has 4 nitrogen and oxygen atoms in total. The Hall–Kier alpha value is -2.21. The van der Waals surface area contributed by atoms with Gasteiger partial charge in [-0.15, -0.1) is 0 Å². The lowest BCUT2D eigenvalue weighted by Gasteiger charge is -2.27. The van der Waals surface area contributed by atoms with Gasteiger partial charge in [-0.05, 0) is 38.0 Å². The summed E-state index contributed by atoms with van der Waals surface area (Å²) in [6, 6.07) is 3.54. The second kappa shape index (κ2) is 6.96. The van der Waals surface area contributed by atoms with Crippen molar-refractivity contribution in [1.29, 1.82) is 0 Å². The fourth-order valence-electron chi connectivity index (χ4n) is 3.23. The summed E-state index contributed by atoms with van der Waals surface area (Å²) in [6.07, 6.45) is 0. The van der Waals surface area contributed by atoms with E-state index in [4.69, 9.17) is 4.74 Å². The predicted molar refractivity (Wildman–Crippen MR) is 90.8 cm³/mol. The first kappa shape index (κ1) is 17.6. The molecule has 1 aliphatic heterocycles. The van der Waals surface area contributed by atoms with Crippen LogP contribution >= 0.6 is 0 Å². The minimum atomic E-state index is -0.609. The fourth-order valence-corrected chi connectivity index (χ4v) is 3.23. The highest BCUT2D eigenvalue weighted by Gasteiger charge is 2.26. The van der Waals surface area contributed by atoms with Crippen LogP contribution in [0.25, 0.3) is 0 Å². The summed E-state index contributed by atoms with van der Waals surface area (Å²) < 4.78 is 34.4. The molecule has 1 aromatic heterocycles. The van der Waals surface area contributed by atoms with Crippen LogP contribution in [0.3, 0.4) is 0 Å². The van der Waals surface area contributed by atoms with Crippen molar-refractivity contribution >= 4 is 5.91 Å². The topological polar surface area (TPSA) is 34.5 Å². The molecule has 0 bridgehead atoms. The Bertz CT molecular complexity index is 808. The second-order valence-corrected chi connectivity index (χ2v) is 6.41. The molecule has 1 fully saturated rings. The van der Waals surface area contributed by atoms with Crippen molar-refractivity contribution in [3.63, 3.8) is 0 Å². The van der Waals surface area contributed by atoms with Crippen molar-refractivity contribution in [2.45, 2.75) is 27.3 Å². The lowest BCUT2D eigenvalue weighted by atomic mass is 10.1. The van der Waals surface area contributed by atoms with Crippen molar-refractivity contribution in [3.8, 4) is 0 Å². The molecule has 0 spiro atoms. The number of carbonyl (C=O) groups is 1. The number of rotatable bonds is 3. The van der Waals surface area contributed by atoms with Gasteiger partial charge in [0.15, 0.2) is 0 Å². The average Bonchev–Trinajstić information content (AvgIpc) is 2.81. The zero-order valence-corrected chi connectivity index (χ0v) is 14.7. The van der Waals surface area contributed by atoms with Gasteiger partial charge in [-0.1, -0.05) is 6.07 Å². The number of hydrogen-bond donors (Lipinski definition) is 0. The van der Waals surface area contributed by atoms with Gasteiger partial charge in [0.2, 0.25) is 0 Å². The van der Waals surface area contributed by atoms with Gasteiger partial charge in [-0.2, -0.15) is 0 Å². The van der Waals surface area contributed by atoms with Gasteiger partial charge >= 0.3 is 0 Å². The van der Waals surface area contributed by atoms with Gasteiger partial charge in [0, 0.05) is 30.4 Å². The summed E-state index contributed by atoms with van der Waals surface area (Å²) >= 11 is 0. The zero-order chi connectivity index (χ0) is 18.1. The molecule has 0 N–H and O–H groups in total. The number of ether oxygens (including phenoxy) is 1. The number of aromatic nitrogens is 1. The third kappa shape index (κ3) is 3.31. The molecule has 1 amide bonds. The number of benzene rings is 1. The van der Waals surface area contributed by atoms with E-state index in [0.29, 0.717) is 37.6 Å². The average molecular weight is 348 g/mol. The molecule has 25 heavy (non-hydrogen) atoms. The Labute approximate surface area is 146 Å². The van der Waals surface area contributed by atoms with Crippen LogP contribution in [0, 0.1) is 32.4 Å². The molecule has 3 rings (SSSR count). The molecule has 0 unspecified atom stereocenters. The quantitative estimate of drug-likeness (QED) is 0.854. The van der Waals surface area contributed by atoms with E-state index in [2.05, 4.69) is 0 Å². The molecular formula is C19H22F2N2O2. The predicted octanol–water partition coefficient (Wildman–Crippen LogP) is 3.21. The maximum absolute atomic E-state index is 14.1. The first-order valence-electron chi connectivity index (χ1n) is 8.37. The van der Waals surface area contributed by atoms with E-state index in [9.17, 15) is 13.6 Å². The van der Waals surface area contributed by atoms with Crippen molar-refractivity contribution in [1.82, 2.24) is 9.47 Å². The second-order valence-electron chi connectivity index (χ2n) is 6.41. The summed E-state index contributed by atoms with van der Waals surface area (Å²) in [5.41, 5.74) is 3.75. The Balaban J connectivity index is 2.01. The van der Waals surface area contributed by atoms with Crippen LogP contribution < -0.4 is 0 Å². The molecule has 6 heteroatoms. The molecule has 0 aliphatic carbocycles. The Morgan fingerprint density at radius 3 is 2.44 bits per heavy atom. The minimum Gasteiger partial charge on any atom is -0.378 e.